The largest absolute Gasteiger partial charge is 0.491 e. The van der Waals surface area contributed by atoms with Crippen molar-refractivity contribution in [3.05, 3.63) is 59.8 Å². The van der Waals surface area contributed by atoms with Crippen molar-refractivity contribution in [1.29, 1.82) is 0 Å². The van der Waals surface area contributed by atoms with Gasteiger partial charge in [0.25, 0.3) is 0 Å². The minimum Gasteiger partial charge on any atom is -0.491 e. The standard InChI is InChI=1S/C23H24F3N3O2/c1-30-14-9-10-29(12-14)19-13-31-20-8-3-2-5-15(20)22(19)28-18-7-4-6-17-16(18)11-21(27-17)23(24,25)26/h2-8,11,14,19,22,27-28H,9-10,12-13H2,1H3. The van der Waals surface area contributed by atoms with Crippen LogP contribution in [0.1, 0.15) is 23.7 Å². The fraction of sp³-hybridized carbons (Fsp3) is 0.391. The number of anilines is 1. The number of hydrogen-bond donors (Lipinski definition) is 2. The minimum absolute atomic E-state index is 0.0336. The third kappa shape index (κ3) is 3.74. The summed E-state index contributed by atoms with van der Waals surface area (Å²) in [6.07, 6.45) is -3.29. The lowest BCUT2D eigenvalue weighted by molar-refractivity contribution is -0.140. The topological polar surface area (TPSA) is 49.5 Å². The van der Waals surface area contributed by atoms with Crippen LogP contribution in [-0.4, -0.2) is 48.8 Å². The lowest BCUT2D eigenvalue weighted by Crippen LogP contribution is -2.47. The predicted molar refractivity (Wildman–Crippen MR) is 112 cm³/mol. The number of aromatic amines is 1. The molecular weight excluding hydrogens is 407 g/mol. The summed E-state index contributed by atoms with van der Waals surface area (Å²) in [6, 6.07) is 14.2. The summed E-state index contributed by atoms with van der Waals surface area (Å²) in [5, 5.41) is 4.08. The Labute approximate surface area is 178 Å². The summed E-state index contributed by atoms with van der Waals surface area (Å²) >= 11 is 0. The molecule has 3 aromatic rings. The predicted octanol–water partition coefficient (Wildman–Crippen LogP) is 4.82. The van der Waals surface area contributed by atoms with Crippen LogP contribution in [0.2, 0.25) is 0 Å². The van der Waals surface area contributed by atoms with Crippen molar-refractivity contribution in [3.63, 3.8) is 0 Å². The van der Waals surface area contributed by atoms with Crippen LogP contribution in [0.5, 0.6) is 5.75 Å². The summed E-state index contributed by atoms with van der Waals surface area (Å²) in [4.78, 5) is 4.84. The molecule has 5 rings (SSSR count). The summed E-state index contributed by atoms with van der Waals surface area (Å²) in [7, 11) is 1.72. The van der Waals surface area contributed by atoms with Crippen molar-refractivity contribution in [2.75, 3.05) is 32.1 Å². The number of rotatable bonds is 4. The van der Waals surface area contributed by atoms with Gasteiger partial charge in [0, 0.05) is 42.4 Å². The van der Waals surface area contributed by atoms with E-state index in [1.165, 1.54) is 6.07 Å². The monoisotopic (exact) mass is 431 g/mol. The molecular formula is C23H24F3N3O2. The second-order valence-corrected chi connectivity index (χ2v) is 8.13. The second-order valence-electron chi connectivity index (χ2n) is 8.13. The maximum atomic E-state index is 13.3. The van der Waals surface area contributed by atoms with Crippen LogP contribution >= 0.6 is 0 Å². The van der Waals surface area contributed by atoms with E-state index in [-0.39, 0.29) is 18.2 Å². The van der Waals surface area contributed by atoms with Gasteiger partial charge in [-0.1, -0.05) is 24.3 Å². The number of nitrogens with zero attached hydrogens (tertiary/aromatic N) is 1. The molecule has 3 unspecified atom stereocenters. The first-order chi connectivity index (χ1) is 14.9. The Morgan fingerprint density at radius 3 is 2.77 bits per heavy atom. The van der Waals surface area contributed by atoms with Gasteiger partial charge in [0.05, 0.1) is 18.2 Å². The maximum Gasteiger partial charge on any atom is 0.431 e. The lowest BCUT2D eigenvalue weighted by atomic mass is 9.94. The smallest absolute Gasteiger partial charge is 0.431 e. The molecule has 0 radical (unpaired) electrons. The van der Waals surface area contributed by atoms with Crippen LogP contribution in [0.3, 0.4) is 0 Å². The normalized spacial score (nSPS) is 24.2. The van der Waals surface area contributed by atoms with E-state index in [0.29, 0.717) is 23.2 Å². The maximum absolute atomic E-state index is 13.3. The van der Waals surface area contributed by atoms with E-state index in [1.807, 2.05) is 30.3 Å². The van der Waals surface area contributed by atoms with E-state index in [1.54, 1.807) is 19.2 Å². The molecule has 1 saturated heterocycles. The van der Waals surface area contributed by atoms with Crippen LogP contribution in [0, 0.1) is 0 Å². The van der Waals surface area contributed by atoms with Gasteiger partial charge in [0.15, 0.2) is 0 Å². The van der Waals surface area contributed by atoms with Crippen molar-refractivity contribution in [2.45, 2.75) is 30.8 Å². The average Bonchev–Trinajstić information content (AvgIpc) is 3.41. The van der Waals surface area contributed by atoms with E-state index in [9.17, 15) is 13.2 Å². The number of hydrogen-bond acceptors (Lipinski definition) is 4. The quantitative estimate of drug-likeness (QED) is 0.622. The Kier molecular flexibility index (Phi) is 5.06. The molecule has 5 nitrogen and oxygen atoms in total. The lowest BCUT2D eigenvalue weighted by Gasteiger charge is -2.39. The van der Waals surface area contributed by atoms with Gasteiger partial charge < -0.3 is 19.8 Å². The van der Waals surface area contributed by atoms with Crippen molar-refractivity contribution >= 4 is 16.6 Å². The number of likely N-dealkylation sites (tertiary alicyclic amines) is 1. The average molecular weight is 431 g/mol. The molecule has 2 aliphatic heterocycles. The summed E-state index contributed by atoms with van der Waals surface area (Å²) in [5.74, 6) is 0.802. The molecule has 0 aliphatic carbocycles. The van der Waals surface area contributed by atoms with Gasteiger partial charge in [0.1, 0.15) is 18.1 Å². The molecule has 2 N–H and O–H groups in total. The van der Waals surface area contributed by atoms with Gasteiger partial charge in [-0.25, -0.2) is 0 Å². The molecule has 0 spiro atoms. The van der Waals surface area contributed by atoms with Gasteiger partial charge in [-0.05, 0) is 30.7 Å². The number of para-hydroxylation sites is 1. The summed E-state index contributed by atoms with van der Waals surface area (Å²) in [6.45, 7) is 2.19. The number of alkyl halides is 3. The zero-order valence-corrected chi connectivity index (χ0v) is 17.1. The molecule has 2 aliphatic rings. The fourth-order valence-corrected chi connectivity index (χ4v) is 4.69. The molecule has 2 aromatic carbocycles. The number of methoxy groups -OCH3 is 1. The Balaban J connectivity index is 1.52. The van der Waals surface area contributed by atoms with Gasteiger partial charge in [-0.15, -0.1) is 0 Å². The van der Waals surface area contributed by atoms with Gasteiger partial charge in [-0.3, -0.25) is 4.90 Å². The molecule has 1 fully saturated rings. The van der Waals surface area contributed by atoms with Gasteiger partial charge >= 0.3 is 6.18 Å². The Bertz CT molecular complexity index is 1080. The van der Waals surface area contributed by atoms with Gasteiger partial charge in [0.2, 0.25) is 0 Å². The third-order valence-corrected chi connectivity index (χ3v) is 6.31. The van der Waals surface area contributed by atoms with E-state index in [0.717, 1.165) is 30.8 Å². The fourth-order valence-electron chi connectivity index (χ4n) is 4.69. The second kappa shape index (κ2) is 7.76. The molecule has 0 amide bonds. The van der Waals surface area contributed by atoms with Crippen molar-refractivity contribution in [1.82, 2.24) is 9.88 Å². The molecule has 1 aromatic heterocycles. The number of ether oxygens (including phenoxy) is 2. The third-order valence-electron chi connectivity index (χ3n) is 6.31. The first-order valence-corrected chi connectivity index (χ1v) is 10.4. The van der Waals surface area contributed by atoms with Crippen LogP contribution in [0.4, 0.5) is 18.9 Å². The number of halogens is 3. The van der Waals surface area contributed by atoms with Crippen molar-refractivity contribution in [2.24, 2.45) is 0 Å². The first kappa shape index (κ1) is 20.2. The highest BCUT2D eigenvalue weighted by Gasteiger charge is 2.39. The van der Waals surface area contributed by atoms with E-state index >= 15 is 0 Å². The van der Waals surface area contributed by atoms with Crippen LogP contribution in [0.15, 0.2) is 48.5 Å². The Hall–Kier alpha value is -2.71. The Morgan fingerprint density at radius 1 is 1.16 bits per heavy atom. The first-order valence-electron chi connectivity index (χ1n) is 10.4. The van der Waals surface area contributed by atoms with Gasteiger partial charge in [-0.2, -0.15) is 13.2 Å². The molecule has 0 bridgehead atoms. The number of H-pyrrole nitrogens is 1. The van der Waals surface area contributed by atoms with Crippen LogP contribution in [0.25, 0.3) is 10.9 Å². The van der Waals surface area contributed by atoms with E-state index < -0.39 is 11.9 Å². The molecule has 3 heterocycles. The summed E-state index contributed by atoms with van der Waals surface area (Å²) < 4.78 is 51.4. The van der Waals surface area contributed by atoms with E-state index in [2.05, 4.69) is 15.2 Å². The van der Waals surface area contributed by atoms with Crippen molar-refractivity contribution in [3.8, 4) is 5.75 Å². The Morgan fingerprint density at radius 2 is 2.00 bits per heavy atom. The molecule has 3 atom stereocenters. The highest BCUT2D eigenvalue weighted by molar-refractivity contribution is 5.93. The highest BCUT2D eigenvalue weighted by Crippen LogP contribution is 2.40. The number of aromatic nitrogens is 1. The van der Waals surface area contributed by atoms with Crippen LogP contribution < -0.4 is 10.1 Å². The molecule has 31 heavy (non-hydrogen) atoms. The molecule has 8 heteroatoms. The number of benzene rings is 2. The number of nitrogens with one attached hydrogen (secondary N) is 2. The minimum atomic E-state index is -4.42. The van der Waals surface area contributed by atoms with Crippen molar-refractivity contribution < 1.29 is 22.6 Å². The zero-order chi connectivity index (χ0) is 21.6. The molecule has 164 valence electrons. The zero-order valence-electron chi connectivity index (χ0n) is 17.1. The summed E-state index contributed by atoms with van der Waals surface area (Å²) in [5.41, 5.74) is 1.37. The van der Waals surface area contributed by atoms with E-state index in [4.69, 9.17) is 9.47 Å². The highest BCUT2D eigenvalue weighted by atomic mass is 19.4. The van der Waals surface area contributed by atoms with Crippen LogP contribution in [-0.2, 0) is 10.9 Å². The number of fused-ring (bicyclic) bond motifs is 2. The SMILES string of the molecule is COC1CCN(C2COc3ccccc3C2Nc2cccc3[nH]c(C(F)(F)F)cc23)C1. The molecule has 0 saturated carbocycles.